The number of hydrogen-bond acceptors (Lipinski definition) is 6. The molecule has 5 nitrogen and oxygen atoms in total. The van der Waals surface area contributed by atoms with Crippen molar-refractivity contribution in [2.45, 2.75) is 10.9 Å². The monoisotopic (exact) mass is 367 g/mol. The molecule has 0 fully saturated rings. The van der Waals surface area contributed by atoms with Crippen molar-refractivity contribution in [2.75, 3.05) is 5.75 Å². The van der Waals surface area contributed by atoms with E-state index in [-0.39, 0.29) is 11.5 Å². The van der Waals surface area contributed by atoms with Gasteiger partial charge >= 0.3 is 0 Å². The number of rotatable bonds is 6. The number of thiazole rings is 1. The second kappa shape index (κ2) is 7.92. The zero-order valence-electron chi connectivity index (χ0n) is 13.0. The van der Waals surface area contributed by atoms with Gasteiger partial charge in [-0.15, -0.1) is 11.3 Å². The van der Waals surface area contributed by atoms with Crippen LogP contribution in [-0.2, 0) is 4.79 Å². The average Bonchev–Trinajstić information content (AvgIpc) is 3.12. The molecule has 0 spiro atoms. The average molecular weight is 367 g/mol. The van der Waals surface area contributed by atoms with Crippen molar-refractivity contribution in [1.82, 2.24) is 4.98 Å². The Morgan fingerprint density at radius 1 is 1.28 bits per heavy atom. The summed E-state index contributed by atoms with van der Waals surface area (Å²) in [5.41, 5.74) is 1.70. The van der Waals surface area contributed by atoms with Crippen molar-refractivity contribution in [1.29, 1.82) is 5.26 Å². The van der Waals surface area contributed by atoms with Crippen molar-refractivity contribution in [3.8, 4) is 17.3 Å². The van der Waals surface area contributed by atoms with Gasteiger partial charge in [0.15, 0.2) is 17.9 Å². The van der Waals surface area contributed by atoms with Gasteiger partial charge in [-0.1, -0.05) is 30.3 Å². The molecule has 0 saturated heterocycles. The Balaban J connectivity index is 1.72. The quantitative estimate of drug-likeness (QED) is 0.379. The molecule has 0 aliphatic carbocycles. The third kappa shape index (κ3) is 4.05. The summed E-state index contributed by atoms with van der Waals surface area (Å²) in [7, 11) is 0. The topological polar surface area (TPSA) is 80.7 Å². The molecule has 0 radical (unpaired) electrons. The van der Waals surface area contributed by atoms with Crippen LogP contribution in [-0.4, -0.2) is 16.5 Å². The summed E-state index contributed by atoms with van der Waals surface area (Å²) < 4.78 is 0.705. The number of nitriles is 1. The highest BCUT2D eigenvalue weighted by Gasteiger charge is 2.24. The second-order valence-electron chi connectivity index (χ2n) is 5.12. The lowest BCUT2D eigenvalue weighted by Crippen LogP contribution is -2.28. The lowest BCUT2D eigenvalue weighted by Gasteiger charge is -2.05. The highest BCUT2D eigenvalue weighted by atomic mass is 32.2. The van der Waals surface area contributed by atoms with Crippen LogP contribution in [0.2, 0.25) is 0 Å². The van der Waals surface area contributed by atoms with Crippen LogP contribution in [0.3, 0.4) is 0 Å². The lowest BCUT2D eigenvalue weighted by atomic mass is 10.1. The fraction of sp³-hybridized carbons (Fsp3) is 0.111. The predicted molar refractivity (Wildman–Crippen MR) is 97.0 cm³/mol. The molecule has 0 amide bonds. The van der Waals surface area contributed by atoms with Gasteiger partial charge in [-0.25, -0.2) is 4.98 Å². The molecule has 0 N–H and O–H groups in total. The number of pyridine rings is 1. The van der Waals surface area contributed by atoms with Gasteiger partial charge in [0.1, 0.15) is 5.01 Å². The largest absolute Gasteiger partial charge is 0.618 e. The van der Waals surface area contributed by atoms with Crippen molar-refractivity contribution >= 4 is 28.9 Å². The molecule has 25 heavy (non-hydrogen) atoms. The lowest BCUT2D eigenvalue weighted by molar-refractivity contribution is -0.645. The molecule has 1 atom stereocenters. The molecule has 7 heteroatoms. The Labute approximate surface area is 153 Å². The van der Waals surface area contributed by atoms with E-state index < -0.39 is 5.92 Å². The van der Waals surface area contributed by atoms with E-state index in [0.717, 1.165) is 23.0 Å². The molecule has 3 rings (SSSR count). The Hall–Kier alpha value is -2.69. The molecular formula is C18H13N3O2S2. The Bertz CT molecular complexity index is 919. The van der Waals surface area contributed by atoms with Gasteiger partial charge < -0.3 is 5.21 Å². The van der Waals surface area contributed by atoms with Gasteiger partial charge in [-0.2, -0.15) is 9.99 Å². The molecule has 2 heterocycles. The van der Waals surface area contributed by atoms with E-state index in [1.807, 2.05) is 41.8 Å². The number of benzene rings is 1. The smallest absolute Gasteiger partial charge is 0.251 e. The van der Waals surface area contributed by atoms with Crippen molar-refractivity contribution < 1.29 is 9.52 Å². The zero-order chi connectivity index (χ0) is 17.6. The number of ketones is 1. The number of aromatic nitrogens is 2. The van der Waals surface area contributed by atoms with Crippen molar-refractivity contribution in [3.05, 3.63) is 70.3 Å². The predicted octanol–water partition coefficient (Wildman–Crippen LogP) is 3.41. The first-order valence-electron chi connectivity index (χ1n) is 7.43. The SMILES string of the molecule is N#C[C@H](C(=O)CSc1cccc[n+]1[O-])c1nc(-c2ccccc2)cs1. The summed E-state index contributed by atoms with van der Waals surface area (Å²) in [6, 6.07) is 16.6. The first-order chi connectivity index (χ1) is 12.2. The molecule has 3 aromatic rings. The Kier molecular flexibility index (Phi) is 5.43. The van der Waals surface area contributed by atoms with Crippen LogP contribution in [0, 0.1) is 16.5 Å². The van der Waals surface area contributed by atoms with E-state index in [2.05, 4.69) is 4.98 Å². The van der Waals surface area contributed by atoms with Gasteiger partial charge in [-0.05, 0) is 17.8 Å². The first kappa shape index (κ1) is 17.1. The fourth-order valence-corrected chi connectivity index (χ4v) is 3.89. The molecular weight excluding hydrogens is 354 g/mol. The van der Waals surface area contributed by atoms with Gasteiger partial charge in [0, 0.05) is 23.1 Å². The van der Waals surface area contributed by atoms with Crippen LogP contribution in [0.15, 0.2) is 65.1 Å². The molecule has 0 aliphatic rings. The molecule has 0 unspecified atom stereocenters. The van der Waals surface area contributed by atoms with Crippen LogP contribution in [0.25, 0.3) is 11.3 Å². The van der Waals surface area contributed by atoms with Crippen molar-refractivity contribution in [3.63, 3.8) is 0 Å². The van der Waals surface area contributed by atoms with Crippen LogP contribution < -0.4 is 4.73 Å². The summed E-state index contributed by atoms with van der Waals surface area (Å²) >= 11 is 2.42. The zero-order valence-corrected chi connectivity index (χ0v) is 14.7. The van der Waals surface area contributed by atoms with E-state index in [1.54, 1.807) is 18.2 Å². The van der Waals surface area contributed by atoms with Crippen LogP contribution in [0.4, 0.5) is 0 Å². The van der Waals surface area contributed by atoms with Gasteiger partial charge in [0.05, 0.1) is 17.5 Å². The summed E-state index contributed by atoms with van der Waals surface area (Å²) in [5.74, 6) is -1.13. The summed E-state index contributed by atoms with van der Waals surface area (Å²) in [6.45, 7) is 0. The van der Waals surface area contributed by atoms with Crippen molar-refractivity contribution in [2.24, 2.45) is 0 Å². The van der Waals surface area contributed by atoms with E-state index in [1.165, 1.54) is 17.5 Å². The Morgan fingerprint density at radius 3 is 2.76 bits per heavy atom. The second-order valence-corrected chi connectivity index (χ2v) is 7.00. The number of thioether (sulfide) groups is 1. The maximum atomic E-state index is 12.4. The maximum absolute atomic E-state index is 12.4. The molecule has 0 bridgehead atoms. The third-order valence-electron chi connectivity index (χ3n) is 3.44. The summed E-state index contributed by atoms with van der Waals surface area (Å²) in [4.78, 5) is 16.9. The first-order valence-corrected chi connectivity index (χ1v) is 9.29. The normalized spacial score (nSPS) is 11.6. The number of carbonyl (C=O) groups excluding carboxylic acids is 1. The summed E-state index contributed by atoms with van der Waals surface area (Å²) in [6.07, 6.45) is 1.38. The number of carbonyl (C=O) groups is 1. The van der Waals surface area contributed by atoms with E-state index in [4.69, 9.17) is 0 Å². The highest BCUT2D eigenvalue weighted by molar-refractivity contribution is 7.99. The van der Waals surface area contributed by atoms with Crippen LogP contribution >= 0.6 is 23.1 Å². The molecule has 124 valence electrons. The Morgan fingerprint density at radius 2 is 2.04 bits per heavy atom. The maximum Gasteiger partial charge on any atom is 0.251 e. The number of hydrogen-bond donors (Lipinski definition) is 0. The number of Topliss-reactive ketones (excluding diaryl/α,β-unsaturated/α-hetero) is 1. The van der Waals surface area contributed by atoms with Gasteiger partial charge in [-0.3, -0.25) is 4.79 Å². The van der Waals surface area contributed by atoms with Crippen LogP contribution in [0.5, 0.6) is 0 Å². The summed E-state index contributed by atoms with van der Waals surface area (Å²) in [5, 5.41) is 23.8. The molecule has 2 aromatic heterocycles. The van der Waals surface area contributed by atoms with Crippen LogP contribution in [0.1, 0.15) is 10.9 Å². The van der Waals surface area contributed by atoms with E-state index >= 15 is 0 Å². The molecule has 0 aliphatic heterocycles. The standard InChI is InChI=1S/C18H13N3O2S2/c19-10-14(16(22)12-24-17-8-4-5-9-21(17)23)18-20-15(11-25-18)13-6-2-1-3-7-13/h1-9,11,14H,12H2/t14-/m1/s1. The minimum atomic E-state index is -0.918. The van der Waals surface area contributed by atoms with E-state index in [0.29, 0.717) is 14.8 Å². The number of nitrogens with zero attached hydrogens (tertiary/aromatic N) is 3. The highest BCUT2D eigenvalue weighted by Crippen LogP contribution is 2.28. The molecule has 1 aromatic carbocycles. The van der Waals surface area contributed by atoms with E-state index in [9.17, 15) is 15.3 Å². The minimum Gasteiger partial charge on any atom is -0.618 e. The minimum absolute atomic E-state index is 0.0464. The van der Waals surface area contributed by atoms with Gasteiger partial charge in [0.2, 0.25) is 0 Å². The fourth-order valence-electron chi connectivity index (χ4n) is 2.18. The van der Waals surface area contributed by atoms with Gasteiger partial charge in [0.25, 0.3) is 5.03 Å². The molecule has 0 saturated carbocycles. The third-order valence-corrected chi connectivity index (χ3v) is 5.39.